The topological polar surface area (TPSA) is 92.3 Å². The third kappa shape index (κ3) is 2.22. The second kappa shape index (κ2) is 4.70. The van der Waals surface area contributed by atoms with Crippen LogP contribution in [0.1, 0.15) is 15.9 Å². The zero-order valence-corrected chi connectivity index (χ0v) is 9.51. The van der Waals surface area contributed by atoms with Crippen LogP contribution in [0, 0.1) is 6.92 Å². The van der Waals surface area contributed by atoms with Crippen LogP contribution in [0.2, 0.25) is 0 Å². The minimum Gasteiger partial charge on any atom is -0.478 e. The van der Waals surface area contributed by atoms with E-state index >= 15 is 0 Å². The van der Waals surface area contributed by atoms with Crippen LogP contribution in [0.5, 0.6) is 11.6 Å². The van der Waals surface area contributed by atoms with Crippen LogP contribution in [0.15, 0.2) is 35.4 Å². The van der Waals surface area contributed by atoms with Crippen molar-refractivity contribution in [3.05, 3.63) is 52.1 Å². The molecule has 2 aromatic rings. The van der Waals surface area contributed by atoms with Crippen molar-refractivity contribution >= 4 is 5.97 Å². The molecule has 2 rings (SSSR count). The second-order valence-corrected chi connectivity index (χ2v) is 3.56. The van der Waals surface area contributed by atoms with E-state index in [0.29, 0.717) is 11.3 Å². The van der Waals surface area contributed by atoms with E-state index in [1.165, 1.54) is 18.5 Å². The van der Waals surface area contributed by atoms with Gasteiger partial charge in [0, 0.05) is 18.0 Å². The third-order valence-electron chi connectivity index (χ3n) is 2.40. The van der Waals surface area contributed by atoms with E-state index in [9.17, 15) is 9.59 Å². The predicted molar refractivity (Wildman–Crippen MR) is 63.1 cm³/mol. The van der Waals surface area contributed by atoms with Gasteiger partial charge in [-0.25, -0.2) is 9.78 Å². The van der Waals surface area contributed by atoms with E-state index in [0.717, 1.165) is 0 Å². The molecule has 0 saturated carbocycles. The maximum absolute atomic E-state index is 11.4. The minimum absolute atomic E-state index is 0.122. The number of aromatic nitrogens is 2. The van der Waals surface area contributed by atoms with E-state index in [2.05, 4.69) is 9.97 Å². The number of rotatable bonds is 3. The van der Waals surface area contributed by atoms with Crippen LogP contribution in [0.4, 0.5) is 0 Å². The molecule has 6 heteroatoms. The zero-order valence-electron chi connectivity index (χ0n) is 9.51. The van der Waals surface area contributed by atoms with Crippen LogP contribution in [0.3, 0.4) is 0 Å². The molecular weight excluding hydrogens is 236 g/mol. The van der Waals surface area contributed by atoms with Crippen molar-refractivity contribution in [2.24, 2.45) is 0 Å². The zero-order chi connectivity index (χ0) is 13.1. The first-order valence-corrected chi connectivity index (χ1v) is 5.14. The van der Waals surface area contributed by atoms with Gasteiger partial charge in [0.2, 0.25) is 0 Å². The molecule has 0 unspecified atom stereocenters. The number of ether oxygens (including phenoxy) is 1. The Hall–Kier alpha value is -2.63. The highest BCUT2D eigenvalue weighted by molar-refractivity contribution is 5.90. The van der Waals surface area contributed by atoms with E-state index in [4.69, 9.17) is 9.84 Å². The average Bonchev–Trinajstić information content (AvgIpc) is 2.34. The fraction of sp³-hybridized carbons (Fsp3) is 0.0833. The number of hydrogen-bond donors (Lipinski definition) is 2. The predicted octanol–water partition coefficient (Wildman–Crippen LogP) is 1.57. The fourth-order valence-electron chi connectivity index (χ4n) is 1.47. The molecule has 0 saturated heterocycles. The number of nitrogens with one attached hydrogen (secondary N) is 1. The van der Waals surface area contributed by atoms with Crippen LogP contribution >= 0.6 is 0 Å². The van der Waals surface area contributed by atoms with Crippen LogP contribution < -0.4 is 10.3 Å². The molecule has 92 valence electrons. The number of benzene rings is 1. The van der Waals surface area contributed by atoms with Gasteiger partial charge >= 0.3 is 11.5 Å². The van der Waals surface area contributed by atoms with Gasteiger partial charge < -0.3 is 14.8 Å². The summed E-state index contributed by atoms with van der Waals surface area (Å²) in [6.07, 6.45) is 2.77. The quantitative estimate of drug-likeness (QED) is 0.857. The first-order chi connectivity index (χ1) is 8.59. The highest BCUT2D eigenvalue weighted by Gasteiger charge is 2.12. The van der Waals surface area contributed by atoms with E-state index in [1.54, 1.807) is 19.1 Å². The molecule has 18 heavy (non-hydrogen) atoms. The molecule has 0 atom stereocenters. The number of H-pyrrole nitrogens is 1. The Labute approximate surface area is 102 Å². The molecule has 0 radical (unpaired) electrons. The highest BCUT2D eigenvalue weighted by Crippen LogP contribution is 2.24. The molecule has 0 amide bonds. The van der Waals surface area contributed by atoms with Crippen molar-refractivity contribution < 1.29 is 14.6 Å². The number of carboxylic acid groups (broad SMARTS) is 1. The van der Waals surface area contributed by atoms with E-state index in [1.807, 2.05) is 0 Å². The van der Waals surface area contributed by atoms with Crippen molar-refractivity contribution in [3.63, 3.8) is 0 Å². The van der Waals surface area contributed by atoms with Gasteiger partial charge in [-0.05, 0) is 19.1 Å². The maximum atomic E-state index is 11.4. The monoisotopic (exact) mass is 246 g/mol. The number of carbonyl (C=O) groups is 1. The summed E-state index contributed by atoms with van der Waals surface area (Å²) >= 11 is 0. The van der Waals surface area contributed by atoms with Crippen molar-refractivity contribution in [1.29, 1.82) is 0 Å². The summed E-state index contributed by atoms with van der Waals surface area (Å²) in [5.41, 5.74) is 0.0903. The molecule has 1 heterocycles. The summed E-state index contributed by atoms with van der Waals surface area (Å²) in [4.78, 5) is 28.5. The molecule has 0 fully saturated rings. The lowest BCUT2D eigenvalue weighted by molar-refractivity contribution is 0.0695. The van der Waals surface area contributed by atoms with Crippen molar-refractivity contribution in [2.45, 2.75) is 6.92 Å². The normalized spacial score (nSPS) is 10.1. The molecule has 1 aromatic carbocycles. The molecule has 6 nitrogen and oxygen atoms in total. The summed E-state index contributed by atoms with van der Waals surface area (Å²) in [5.74, 6) is -0.880. The lowest BCUT2D eigenvalue weighted by Gasteiger charge is -2.08. The van der Waals surface area contributed by atoms with Gasteiger partial charge in [0.05, 0.1) is 5.56 Å². The van der Waals surface area contributed by atoms with E-state index < -0.39 is 11.5 Å². The molecule has 2 N–H and O–H groups in total. The van der Waals surface area contributed by atoms with Gasteiger partial charge in [-0.3, -0.25) is 4.79 Å². The Balaban J connectivity index is 2.42. The summed E-state index contributed by atoms with van der Waals surface area (Å²) in [6.45, 7) is 1.61. The number of nitrogens with zero attached hydrogens (tertiary/aromatic N) is 1. The standard InChI is InChI=1S/C12H10N2O4/c1-7-8(12(16)17)3-2-4-9(7)18-11-10(15)13-5-6-14-11/h2-6H,1H3,(H,13,15)(H,16,17). The van der Waals surface area contributed by atoms with Crippen LogP contribution in [-0.2, 0) is 0 Å². The van der Waals surface area contributed by atoms with Gasteiger partial charge in [0.1, 0.15) is 5.75 Å². The Morgan fingerprint density at radius 3 is 2.89 bits per heavy atom. The number of hydrogen-bond acceptors (Lipinski definition) is 4. The number of carboxylic acids is 1. The second-order valence-electron chi connectivity index (χ2n) is 3.56. The molecule has 0 bridgehead atoms. The summed E-state index contributed by atoms with van der Waals surface area (Å²) < 4.78 is 5.31. The van der Waals surface area contributed by atoms with Crippen molar-refractivity contribution in [2.75, 3.05) is 0 Å². The third-order valence-corrected chi connectivity index (χ3v) is 2.40. The smallest absolute Gasteiger partial charge is 0.336 e. The van der Waals surface area contributed by atoms with Crippen molar-refractivity contribution in [1.82, 2.24) is 9.97 Å². The van der Waals surface area contributed by atoms with E-state index in [-0.39, 0.29) is 11.4 Å². The summed E-state index contributed by atoms with van der Waals surface area (Å²) in [6, 6.07) is 4.59. The minimum atomic E-state index is -1.05. The molecule has 0 aliphatic heterocycles. The average molecular weight is 246 g/mol. The van der Waals surface area contributed by atoms with Gasteiger partial charge in [0.15, 0.2) is 0 Å². The maximum Gasteiger partial charge on any atom is 0.336 e. The molecule has 1 aromatic heterocycles. The Bertz CT molecular complexity index is 649. The summed E-state index contributed by atoms with van der Waals surface area (Å²) in [5, 5.41) is 8.97. The SMILES string of the molecule is Cc1c(Oc2ncc[nH]c2=O)cccc1C(=O)O. The Morgan fingerprint density at radius 1 is 1.44 bits per heavy atom. The lowest BCUT2D eigenvalue weighted by atomic mass is 10.1. The molecular formula is C12H10N2O4. The van der Waals surface area contributed by atoms with Gasteiger partial charge in [-0.1, -0.05) is 6.07 Å². The van der Waals surface area contributed by atoms with Gasteiger partial charge in [-0.2, -0.15) is 0 Å². The lowest BCUT2D eigenvalue weighted by Crippen LogP contribution is -2.10. The number of aromatic amines is 1. The van der Waals surface area contributed by atoms with Gasteiger partial charge in [-0.15, -0.1) is 0 Å². The first-order valence-electron chi connectivity index (χ1n) is 5.14. The Kier molecular flexibility index (Phi) is 3.09. The van der Waals surface area contributed by atoms with Crippen molar-refractivity contribution in [3.8, 4) is 11.6 Å². The van der Waals surface area contributed by atoms with Crippen LogP contribution in [-0.4, -0.2) is 21.0 Å². The number of aromatic carboxylic acids is 1. The van der Waals surface area contributed by atoms with Gasteiger partial charge in [0.25, 0.3) is 5.88 Å². The largest absolute Gasteiger partial charge is 0.478 e. The highest BCUT2D eigenvalue weighted by atomic mass is 16.5. The molecule has 0 spiro atoms. The summed E-state index contributed by atoms with van der Waals surface area (Å²) in [7, 11) is 0. The van der Waals surface area contributed by atoms with Crippen LogP contribution in [0.25, 0.3) is 0 Å². The molecule has 0 aliphatic rings. The molecule has 0 aliphatic carbocycles. The first kappa shape index (κ1) is 11.8. The fourth-order valence-corrected chi connectivity index (χ4v) is 1.47. The Morgan fingerprint density at radius 2 is 2.22 bits per heavy atom.